The number of aromatic carboxylic acids is 1. The Morgan fingerprint density at radius 2 is 2.00 bits per heavy atom. The van der Waals surface area contributed by atoms with E-state index in [2.05, 4.69) is 4.98 Å². The summed E-state index contributed by atoms with van der Waals surface area (Å²) < 4.78 is 10.8. The van der Waals surface area contributed by atoms with E-state index in [0.717, 1.165) is 0 Å². The first-order valence-electron chi connectivity index (χ1n) is 5.73. The zero-order chi connectivity index (χ0) is 14.1. The number of hydrogen-bond acceptors (Lipinski definition) is 5. The average molecular weight is 271 g/mol. The number of hydrogen-bond donors (Lipinski definition) is 2. The number of ether oxygens (including phenoxy) is 1. The van der Waals surface area contributed by atoms with Gasteiger partial charge in [-0.1, -0.05) is 18.2 Å². The topological polar surface area (TPSA) is 92.8 Å². The predicted octanol–water partition coefficient (Wildman–Crippen LogP) is 3.02. The number of nitrogens with zero attached hydrogens (tertiary/aromatic N) is 1. The van der Waals surface area contributed by atoms with Crippen LogP contribution in [0.25, 0.3) is 11.0 Å². The third kappa shape index (κ3) is 2.03. The summed E-state index contributed by atoms with van der Waals surface area (Å²) in [4.78, 5) is 14.5. The molecule has 0 bridgehead atoms. The maximum atomic E-state index is 10.9. The van der Waals surface area contributed by atoms with Gasteiger partial charge in [0.25, 0.3) is 5.95 Å². The molecule has 0 aliphatic carbocycles. The minimum absolute atomic E-state index is 0.144. The van der Waals surface area contributed by atoms with E-state index in [1.54, 1.807) is 24.3 Å². The lowest BCUT2D eigenvalue weighted by Crippen LogP contribution is -1.99. The summed E-state index contributed by atoms with van der Waals surface area (Å²) >= 11 is 0. The lowest BCUT2D eigenvalue weighted by Gasteiger charge is -1.99. The van der Waals surface area contributed by atoms with Gasteiger partial charge in [0.15, 0.2) is 17.0 Å². The largest absolute Gasteiger partial charge is 0.505 e. The van der Waals surface area contributed by atoms with Gasteiger partial charge in [0.1, 0.15) is 5.75 Å². The normalized spacial score (nSPS) is 10.6. The van der Waals surface area contributed by atoms with Crippen LogP contribution in [-0.4, -0.2) is 21.2 Å². The van der Waals surface area contributed by atoms with Crippen LogP contribution in [0.2, 0.25) is 0 Å². The zero-order valence-corrected chi connectivity index (χ0v) is 10.1. The number of carboxylic acid groups (broad SMARTS) is 1. The zero-order valence-electron chi connectivity index (χ0n) is 10.1. The first-order chi connectivity index (χ1) is 9.65. The quantitative estimate of drug-likeness (QED) is 0.760. The molecular formula is C14H9NO5. The molecule has 100 valence electrons. The molecule has 3 aromatic rings. The summed E-state index contributed by atoms with van der Waals surface area (Å²) in [5.41, 5.74) is -0.178. The molecule has 0 saturated heterocycles. The number of aromatic nitrogens is 1. The number of carbonyl (C=O) groups is 1. The predicted molar refractivity (Wildman–Crippen MR) is 69.1 cm³/mol. The first-order valence-corrected chi connectivity index (χ1v) is 5.73. The van der Waals surface area contributed by atoms with E-state index in [0.29, 0.717) is 5.75 Å². The van der Waals surface area contributed by atoms with Crippen molar-refractivity contribution < 1.29 is 24.2 Å². The van der Waals surface area contributed by atoms with Crippen LogP contribution in [-0.2, 0) is 0 Å². The van der Waals surface area contributed by atoms with Gasteiger partial charge in [-0.15, -0.1) is 0 Å². The maximum Gasteiger partial charge on any atom is 0.358 e. The molecule has 0 fully saturated rings. The van der Waals surface area contributed by atoms with Gasteiger partial charge >= 0.3 is 5.97 Å². The minimum atomic E-state index is -1.31. The number of carboxylic acids is 1. The Morgan fingerprint density at radius 1 is 1.25 bits per heavy atom. The molecule has 0 saturated carbocycles. The second-order valence-electron chi connectivity index (χ2n) is 4.02. The molecule has 0 amide bonds. The number of pyridine rings is 1. The van der Waals surface area contributed by atoms with E-state index in [1.807, 2.05) is 6.07 Å². The van der Waals surface area contributed by atoms with Crippen molar-refractivity contribution in [1.29, 1.82) is 0 Å². The summed E-state index contributed by atoms with van der Waals surface area (Å²) in [5, 5.41) is 19.0. The van der Waals surface area contributed by atoms with Crippen molar-refractivity contribution in [3.8, 4) is 17.4 Å². The van der Waals surface area contributed by atoms with Crippen LogP contribution in [0.1, 0.15) is 10.5 Å². The highest BCUT2D eigenvalue weighted by molar-refractivity contribution is 5.96. The van der Waals surface area contributed by atoms with Gasteiger partial charge in [-0.25, -0.2) is 9.78 Å². The van der Waals surface area contributed by atoms with Crippen molar-refractivity contribution in [2.45, 2.75) is 0 Å². The molecule has 0 aliphatic rings. The number of para-hydroxylation sites is 1. The van der Waals surface area contributed by atoms with Crippen LogP contribution in [0, 0.1) is 0 Å². The van der Waals surface area contributed by atoms with E-state index >= 15 is 0 Å². The lowest BCUT2D eigenvalue weighted by atomic mass is 10.2. The Hall–Kier alpha value is -3.02. The van der Waals surface area contributed by atoms with E-state index in [1.165, 1.54) is 12.3 Å². The molecule has 0 aliphatic heterocycles. The fourth-order valence-corrected chi connectivity index (χ4v) is 1.79. The van der Waals surface area contributed by atoms with Crippen LogP contribution in [0.5, 0.6) is 17.4 Å². The molecule has 0 radical (unpaired) electrons. The Kier molecular flexibility index (Phi) is 2.76. The van der Waals surface area contributed by atoms with Crippen LogP contribution < -0.4 is 4.74 Å². The molecule has 0 atom stereocenters. The number of benzene rings is 1. The summed E-state index contributed by atoms with van der Waals surface area (Å²) in [6.45, 7) is 0. The standard InChI is InChI=1S/C14H9NO5/c16-13-9-6-11(19-8-4-2-1-3-5-8)20-10(9)7-15-12(13)14(17)18/h1-7,16H,(H,17,18). The molecule has 20 heavy (non-hydrogen) atoms. The van der Waals surface area contributed by atoms with Crippen molar-refractivity contribution in [2.24, 2.45) is 0 Å². The number of fused-ring (bicyclic) bond motifs is 1. The van der Waals surface area contributed by atoms with Crippen LogP contribution >= 0.6 is 0 Å². The van der Waals surface area contributed by atoms with Crippen LogP contribution in [0.4, 0.5) is 0 Å². The van der Waals surface area contributed by atoms with Gasteiger partial charge in [0.2, 0.25) is 0 Å². The molecule has 6 heteroatoms. The molecule has 0 spiro atoms. The number of aromatic hydroxyl groups is 1. The maximum absolute atomic E-state index is 10.9. The second kappa shape index (κ2) is 4.58. The van der Waals surface area contributed by atoms with Crippen LogP contribution in [0.15, 0.2) is 47.0 Å². The fraction of sp³-hybridized carbons (Fsp3) is 0. The smallest absolute Gasteiger partial charge is 0.358 e. The van der Waals surface area contributed by atoms with Crippen LogP contribution in [0.3, 0.4) is 0 Å². The summed E-state index contributed by atoms with van der Waals surface area (Å²) in [6.07, 6.45) is 1.23. The Bertz CT molecular complexity index is 779. The van der Waals surface area contributed by atoms with Crippen molar-refractivity contribution in [3.63, 3.8) is 0 Å². The van der Waals surface area contributed by atoms with E-state index in [9.17, 15) is 9.90 Å². The Labute approximate surface area is 112 Å². The average Bonchev–Trinajstić information content (AvgIpc) is 2.83. The minimum Gasteiger partial charge on any atom is -0.505 e. The second-order valence-corrected chi connectivity index (χ2v) is 4.02. The lowest BCUT2D eigenvalue weighted by molar-refractivity contribution is 0.0687. The molecule has 6 nitrogen and oxygen atoms in total. The van der Waals surface area contributed by atoms with Crippen molar-refractivity contribution in [1.82, 2.24) is 4.98 Å². The van der Waals surface area contributed by atoms with Gasteiger partial charge < -0.3 is 19.4 Å². The summed E-state index contributed by atoms with van der Waals surface area (Å²) in [7, 11) is 0. The molecular weight excluding hydrogens is 262 g/mol. The van der Waals surface area contributed by atoms with Gasteiger partial charge in [-0.3, -0.25) is 0 Å². The Balaban J connectivity index is 2.03. The molecule has 3 rings (SSSR count). The molecule has 0 unspecified atom stereocenters. The fourth-order valence-electron chi connectivity index (χ4n) is 1.79. The highest BCUT2D eigenvalue weighted by Crippen LogP contribution is 2.34. The van der Waals surface area contributed by atoms with Gasteiger partial charge in [-0.05, 0) is 12.1 Å². The van der Waals surface area contributed by atoms with E-state index in [-0.39, 0.29) is 16.9 Å². The highest BCUT2D eigenvalue weighted by atomic mass is 16.6. The van der Waals surface area contributed by atoms with Gasteiger partial charge in [0.05, 0.1) is 11.6 Å². The SMILES string of the molecule is O=C(O)c1ncc2oc(Oc3ccccc3)cc2c1O. The Morgan fingerprint density at radius 3 is 2.70 bits per heavy atom. The first kappa shape index (κ1) is 12.0. The van der Waals surface area contributed by atoms with Gasteiger partial charge in [0, 0.05) is 6.07 Å². The molecule has 2 aromatic heterocycles. The van der Waals surface area contributed by atoms with E-state index < -0.39 is 17.4 Å². The van der Waals surface area contributed by atoms with Gasteiger partial charge in [-0.2, -0.15) is 0 Å². The molecule has 1 aromatic carbocycles. The number of furan rings is 1. The van der Waals surface area contributed by atoms with Crippen molar-refractivity contribution in [2.75, 3.05) is 0 Å². The third-order valence-electron chi connectivity index (χ3n) is 2.69. The summed E-state index contributed by atoms with van der Waals surface area (Å²) in [5.74, 6) is -1.04. The molecule has 2 heterocycles. The highest BCUT2D eigenvalue weighted by Gasteiger charge is 2.18. The van der Waals surface area contributed by atoms with Crippen molar-refractivity contribution in [3.05, 3.63) is 48.3 Å². The molecule has 2 N–H and O–H groups in total. The summed E-state index contributed by atoms with van der Waals surface area (Å²) in [6, 6.07) is 10.4. The van der Waals surface area contributed by atoms with Crippen molar-refractivity contribution >= 4 is 16.9 Å². The monoisotopic (exact) mass is 271 g/mol. The van der Waals surface area contributed by atoms with E-state index in [4.69, 9.17) is 14.3 Å². The third-order valence-corrected chi connectivity index (χ3v) is 2.69. The number of rotatable bonds is 3.